The average Bonchev–Trinajstić information content (AvgIpc) is 2.43. The molecule has 0 aromatic heterocycles. The molecule has 1 unspecified atom stereocenters. The van der Waals surface area contributed by atoms with E-state index in [0.717, 1.165) is 0 Å². The van der Waals surface area contributed by atoms with Crippen molar-refractivity contribution < 1.29 is 19.4 Å². The molecule has 0 saturated carbocycles. The van der Waals surface area contributed by atoms with Gasteiger partial charge < -0.3 is 15.2 Å². The first-order chi connectivity index (χ1) is 9.08. The maximum absolute atomic E-state index is 11.9. The Labute approximate surface area is 111 Å². The fraction of sp³-hybridized carbons (Fsp3) is 0.286. The second-order valence-electron chi connectivity index (χ2n) is 3.96. The van der Waals surface area contributed by atoms with Crippen molar-refractivity contribution >= 4 is 11.9 Å². The number of ether oxygens (including phenoxy) is 1. The highest BCUT2D eigenvalue weighted by Crippen LogP contribution is 2.11. The van der Waals surface area contributed by atoms with E-state index in [1.165, 1.54) is 7.11 Å². The standard InChI is InChI=1S/C14H17NO4/c1-3-4-5-12(14(17)18)15-13(16)10-6-8-11(19-2)9-7-10/h3,6-9,12H,1,4-5H2,2H3,(H,15,16)(H,17,18). The zero-order valence-corrected chi connectivity index (χ0v) is 10.8. The van der Waals surface area contributed by atoms with Crippen LogP contribution in [0.2, 0.25) is 0 Å². The molecule has 1 atom stereocenters. The predicted molar refractivity (Wildman–Crippen MR) is 71.3 cm³/mol. The van der Waals surface area contributed by atoms with Crippen LogP contribution in [0, 0.1) is 0 Å². The highest BCUT2D eigenvalue weighted by Gasteiger charge is 2.19. The lowest BCUT2D eigenvalue weighted by Crippen LogP contribution is -2.40. The maximum Gasteiger partial charge on any atom is 0.326 e. The van der Waals surface area contributed by atoms with E-state index in [4.69, 9.17) is 9.84 Å². The van der Waals surface area contributed by atoms with Crippen molar-refractivity contribution in [1.29, 1.82) is 0 Å². The van der Waals surface area contributed by atoms with Crippen LogP contribution in [0.3, 0.4) is 0 Å². The molecule has 5 nitrogen and oxygen atoms in total. The van der Waals surface area contributed by atoms with E-state index in [-0.39, 0.29) is 0 Å². The number of hydrogen-bond acceptors (Lipinski definition) is 3. The summed E-state index contributed by atoms with van der Waals surface area (Å²) in [5, 5.41) is 11.5. The number of amides is 1. The van der Waals surface area contributed by atoms with E-state index < -0.39 is 17.9 Å². The van der Waals surface area contributed by atoms with E-state index in [9.17, 15) is 9.59 Å². The SMILES string of the molecule is C=CCCC(NC(=O)c1ccc(OC)cc1)C(=O)O. The van der Waals surface area contributed by atoms with Gasteiger partial charge in [0.2, 0.25) is 0 Å². The van der Waals surface area contributed by atoms with Gasteiger partial charge in [0.1, 0.15) is 11.8 Å². The predicted octanol–water partition coefficient (Wildman–Crippen LogP) is 1.84. The molecule has 0 aliphatic heterocycles. The molecule has 0 radical (unpaired) electrons. The summed E-state index contributed by atoms with van der Waals surface area (Å²) in [5.74, 6) is -0.833. The molecule has 0 aliphatic rings. The first kappa shape index (κ1) is 14.8. The van der Waals surface area contributed by atoms with Crippen LogP contribution in [-0.2, 0) is 4.79 Å². The summed E-state index contributed by atoms with van der Waals surface area (Å²) in [4.78, 5) is 22.9. The number of benzene rings is 1. The largest absolute Gasteiger partial charge is 0.497 e. The number of hydrogen-bond donors (Lipinski definition) is 2. The summed E-state index contributed by atoms with van der Waals surface area (Å²) < 4.78 is 4.98. The molecule has 2 N–H and O–H groups in total. The van der Waals surface area contributed by atoms with Crippen LogP contribution in [0.15, 0.2) is 36.9 Å². The van der Waals surface area contributed by atoms with Gasteiger partial charge in [-0.1, -0.05) is 6.08 Å². The van der Waals surface area contributed by atoms with Gasteiger partial charge in [0.25, 0.3) is 5.91 Å². The van der Waals surface area contributed by atoms with Crippen molar-refractivity contribution in [1.82, 2.24) is 5.32 Å². The van der Waals surface area contributed by atoms with Gasteiger partial charge in [0.15, 0.2) is 0 Å². The van der Waals surface area contributed by atoms with Gasteiger partial charge in [-0.2, -0.15) is 0 Å². The van der Waals surface area contributed by atoms with Crippen LogP contribution in [0.25, 0.3) is 0 Å². The second kappa shape index (κ2) is 7.20. The van der Waals surface area contributed by atoms with Crippen molar-refractivity contribution in [2.45, 2.75) is 18.9 Å². The number of methoxy groups -OCH3 is 1. The lowest BCUT2D eigenvalue weighted by atomic mass is 10.1. The molecule has 0 saturated heterocycles. The monoisotopic (exact) mass is 263 g/mol. The van der Waals surface area contributed by atoms with Crippen molar-refractivity contribution in [2.75, 3.05) is 7.11 Å². The molecule has 1 aromatic rings. The zero-order valence-electron chi connectivity index (χ0n) is 10.8. The molecule has 0 aliphatic carbocycles. The van der Waals surface area contributed by atoms with Crippen LogP contribution >= 0.6 is 0 Å². The number of carboxylic acids is 1. The summed E-state index contributed by atoms with van der Waals surface area (Å²) in [6, 6.07) is 5.55. The smallest absolute Gasteiger partial charge is 0.326 e. The van der Waals surface area contributed by atoms with Crippen LogP contribution in [-0.4, -0.2) is 30.1 Å². The van der Waals surface area contributed by atoms with Gasteiger partial charge >= 0.3 is 5.97 Å². The molecule has 0 fully saturated rings. The van der Waals surface area contributed by atoms with Crippen molar-refractivity contribution in [3.63, 3.8) is 0 Å². The minimum absolute atomic E-state index is 0.320. The highest BCUT2D eigenvalue weighted by atomic mass is 16.5. The molecule has 102 valence electrons. The van der Waals surface area contributed by atoms with E-state index in [1.807, 2.05) is 0 Å². The molecular formula is C14H17NO4. The van der Waals surface area contributed by atoms with Crippen molar-refractivity contribution in [3.05, 3.63) is 42.5 Å². The second-order valence-corrected chi connectivity index (χ2v) is 3.96. The number of rotatable bonds is 7. The van der Waals surface area contributed by atoms with Gasteiger partial charge in [0.05, 0.1) is 7.11 Å². The van der Waals surface area contributed by atoms with Crippen molar-refractivity contribution in [2.24, 2.45) is 0 Å². The fourth-order valence-corrected chi connectivity index (χ4v) is 1.53. The number of carboxylic acid groups (broad SMARTS) is 1. The van der Waals surface area contributed by atoms with E-state index in [2.05, 4.69) is 11.9 Å². The Morgan fingerprint density at radius 1 is 1.42 bits per heavy atom. The topological polar surface area (TPSA) is 75.6 Å². The minimum atomic E-state index is -1.05. The Morgan fingerprint density at radius 3 is 2.53 bits per heavy atom. The summed E-state index contributed by atoms with van der Waals surface area (Å²) in [7, 11) is 1.53. The van der Waals surface area contributed by atoms with Gasteiger partial charge in [-0.15, -0.1) is 6.58 Å². The molecule has 5 heteroatoms. The van der Waals surface area contributed by atoms with E-state index in [0.29, 0.717) is 24.2 Å². The maximum atomic E-state index is 11.9. The highest BCUT2D eigenvalue weighted by molar-refractivity contribution is 5.96. The summed E-state index contributed by atoms with van der Waals surface area (Å²) in [6.45, 7) is 3.53. The summed E-state index contributed by atoms with van der Waals surface area (Å²) >= 11 is 0. The summed E-state index contributed by atoms with van der Waals surface area (Å²) in [6.07, 6.45) is 2.47. The molecule has 1 aromatic carbocycles. The van der Waals surface area contributed by atoms with Gasteiger partial charge in [-0.3, -0.25) is 4.79 Å². The summed E-state index contributed by atoms with van der Waals surface area (Å²) in [5.41, 5.74) is 0.394. The molecule has 0 bridgehead atoms. The molecule has 19 heavy (non-hydrogen) atoms. The van der Waals surface area contributed by atoms with Crippen LogP contribution < -0.4 is 10.1 Å². The lowest BCUT2D eigenvalue weighted by Gasteiger charge is -2.13. The third-order valence-corrected chi connectivity index (χ3v) is 2.62. The molecule has 0 spiro atoms. The molecule has 1 rings (SSSR count). The number of nitrogens with one attached hydrogen (secondary N) is 1. The minimum Gasteiger partial charge on any atom is -0.497 e. The van der Waals surface area contributed by atoms with Gasteiger partial charge in [-0.25, -0.2) is 4.79 Å². The van der Waals surface area contributed by atoms with Crippen LogP contribution in [0.1, 0.15) is 23.2 Å². The Morgan fingerprint density at radius 2 is 2.05 bits per heavy atom. The first-order valence-electron chi connectivity index (χ1n) is 5.87. The Hall–Kier alpha value is -2.30. The zero-order chi connectivity index (χ0) is 14.3. The van der Waals surface area contributed by atoms with E-state index >= 15 is 0 Å². The molecule has 1 amide bonds. The third kappa shape index (κ3) is 4.46. The normalized spacial score (nSPS) is 11.4. The number of aliphatic carboxylic acids is 1. The van der Waals surface area contributed by atoms with Crippen LogP contribution in [0.4, 0.5) is 0 Å². The van der Waals surface area contributed by atoms with Gasteiger partial charge in [0, 0.05) is 5.56 Å². The average molecular weight is 263 g/mol. The number of allylic oxidation sites excluding steroid dienone is 1. The van der Waals surface area contributed by atoms with Gasteiger partial charge in [-0.05, 0) is 37.1 Å². The number of carbonyl (C=O) groups excluding carboxylic acids is 1. The first-order valence-corrected chi connectivity index (χ1v) is 5.87. The molecule has 0 heterocycles. The fourth-order valence-electron chi connectivity index (χ4n) is 1.53. The number of carbonyl (C=O) groups is 2. The quantitative estimate of drug-likeness (QED) is 0.736. The van der Waals surface area contributed by atoms with Crippen molar-refractivity contribution in [3.8, 4) is 5.75 Å². The Kier molecular flexibility index (Phi) is 5.60. The third-order valence-electron chi connectivity index (χ3n) is 2.62. The Bertz CT molecular complexity index is 453. The van der Waals surface area contributed by atoms with E-state index in [1.54, 1.807) is 30.3 Å². The lowest BCUT2D eigenvalue weighted by molar-refractivity contribution is -0.139. The molecular weight excluding hydrogens is 246 g/mol. The Balaban J connectivity index is 2.69. The van der Waals surface area contributed by atoms with Crippen LogP contribution in [0.5, 0.6) is 5.75 Å².